The third kappa shape index (κ3) is 4.41. The molecule has 2 unspecified atom stereocenters. The first-order valence-corrected chi connectivity index (χ1v) is 8.23. The number of nitrogens with one attached hydrogen (secondary N) is 1. The molecule has 4 nitrogen and oxygen atoms in total. The fourth-order valence-electron chi connectivity index (χ4n) is 2.71. The van der Waals surface area contributed by atoms with Crippen molar-refractivity contribution >= 4 is 17.3 Å². The number of halogens is 3. The summed E-state index contributed by atoms with van der Waals surface area (Å²) >= 11 is 0. The Morgan fingerprint density at radius 2 is 1.83 bits per heavy atom. The molecule has 7 heteroatoms. The summed E-state index contributed by atoms with van der Waals surface area (Å²) in [5, 5.41) is 2.64. The lowest BCUT2D eigenvalue weighted by Crippen LogP contribution is -2.35. The van der Waals surface area contributed by atoms with E-state index in [2.05, 4.69) is 5.32 Å². The lowest BCUT2D eigenvalue weighted by molar-refractivity contribution is -0.137. The molecule has 134 valence electrons. The molecule has 0 spiro atoms. The number of carbonyl (C=O) groups is 1. The zero-order valence-electron chi connectivity index (χ0n) is 14.0. The highest BCUT2D eigenvalue weighted by molar-refractivity contribution is 5.96. The van der Waals surface area contributed by atoms with Gasteiger partial charge in [-0.3, -0.25) is 4.79 Å². The van der Waals surface area contributed by atoms with Gasteiger partial charge in [-0.25, -0.2) is 0 Å². The molecular formula is C17H24F3N3O. The topological polar surface area (TPSA) is 58.4 Å². The largest absolute Gasteiger partial charge is 0.416 e. The van der Waals surface area contributed by atoms with Crippen LogP contribution in [0.25, 0.3) is 0 Å². The van der Waals surface area contributed by atoms with Gasteiger partial charge >= 0.3 is 6.18 Å². The van der Waals surface area contributed by atoms with Crippen LogP contribution in [0, 0.1) is 5.92 Å². The van der Waals surface area contributed by atoms with E-state index >= 15 is 0 Å². The van der Waals surface area contributed by atoms with Gasteiger partial charge in [-0.15, -0.1) is 0 Å². The minimum Gasteiger partial charge on any atom is -0.370 e. The van der Waals surface area contributed by atoms with Gasteiger partial charge in [-0.1, -0.05) is 6.92 Å². The average Bonchev–Trinajstić information content (AvgIpc) is 2.53. The van der Waals surface area contributed by atoms with Crippen molar-refractivity contribution in [3.63, 3.8) is 0 Å². The number of anilines is 2. The Hall–Kier alpha value is -1.76. The third-order valence-corrected chi connectivity index (χ3v) is 4.48. The predicted octanol–water partition coefficient (Wildman–Crippen LogP) is 3.62. The SMILES string of the molecule is CC(N)C(C)C(=O)Nc1cc(C(F)(F)F)ccc1N1CCCCC1. The molecule has 1 fully saturated rings. The molecule has 1 saturated heterocycles. The molecular weight excluding hydrogens is 319 g/mol. The van der Waals surface area contributed by atoms with Crippen LogP contribution in [-0.2, 0) is 11.0 Å². The zero-order valence-corrected chi connectivity index (χ0v) is 14.0. The summed E-state index contributed by atoms with van der Waals surface area (Å²) in [6.07, 6.45) is -1.36. The van der Waals surface area contributed by atoms with Crippen LogP contribution in [0.3, 0.4) is 0 Å². The monoisotopic (exact) mass is 343 g/mol. The van der Waals surface area contributed by atoms with E-state index in [-0.39, 0.29) is 17.6 Å². The summed E-state index contributed by atoms with van der Waals surface area (Å²) in [5.74, 6) is -0.865. The van der Waals surface area contributed by atoms with E-state index in [0.29, 0.717) is 5.69 Å². The Morgan fingerprint density at radius 3 is 2.38 bits per heavy atom. The number of nitrogens with two attached hydrogens (primary N) is 1. The number of rotatable bonds is 4. The third-order valence-electron chi connectivity index (χ3n) is 4.48. The highest BCUT2D eigenvalue weighted by Gasteiger charge is 2.32. The second kappa shape index (κ2) is 7.42. The molecule has 3 N–H and O–H groups in total. The van der Waals surface area contributed by atoms with Gasteiger partial charge in [0.25, 0.3) is 0 Å². The van der Waals surface area contributed by atoms with Crippen molar-refractivity contribution in [1.29, 1.82) is 0 Å². The molecule has 1 aromatic carbocycles. The molecule has 2 atom stereocenters. The number of piperidine rings is 1. The predicted molar refractivity (Wildman–Crippen MR) is 89.0 cm³/mol. The Labute approximate surface area is 140 Å². The van der Waals surface area contributed by atoms with Crippen molar-refractivity contribution in [2.24, 2.45) is 11.7 Å². The molecule has 24 heavy (non-hydrogen) atoms. The van der Waals surface area contributed by atoms with Crippen LogP contribution in [0.5, 0.6) is 0 Å². The maximum Gasteiger partial charge on any atom is 0.416 e. The second-order valence-corrected chi connectivity index (χ2v) is 6.41. The van der Waals surface area contributed by atoms with Gasteiger partial charge < -0.3 is 16.0 Å². The second-order valence-electron chi connectivity index (χ2n) is 6.41. The van der Waals surface area contributed by atoms with Gasteiger partial charge in [0.05, 0.1) is 22.9 Å². The first-order chi connectivity index (χ1) is 11.2. The Morgan fingerprint density at radius 1 is 1.21 bits per heavy atom. The van der Waals surface area contributed by atoms with Crippen molar-refractivity contribution in [3.05, 3.63) is 23.8 Å². The Balaban J connectivity index is 2.34. The average molecular weight is 343 g/mol. The summed E-state index contributed by atoms with van der Waals surface area (Å²) in [4.78, 5) is 14.3. The standard InChI is InChI=1S/C17H24F3N3O/c1-11(12(2)21)16(24)22-14-10-13(17(18,19)20)6-7-15(14)23-8-4-3-5-9-23/h6-7,10-12H,3-5,8-9,21H2,1-2H3,(H,22,24). The number of hydrogen-bond acceptors (Lipinski definition) is 3. The maximum atomic E-state index is 13.0. The molecule has 2 rings (SSSR count). The fraction of sp³-hybridized carbons (Fsp3) is 0.588. The molecule has 0 saturated carbocycles. The van der Waals surface area contributed by atoms with Gasteiger partial charge in [-0.05, 0) is 44.4 Å². The normalized spacial score (nSPS) is 18.2. The molecule has 1 aliphatic heterocycles. The number of alkyl halides is 3. The number of amides is 1. The molecule has 1 amide bonds. The van der Waals surface area contributed by atoms with Crippen LogP contribution in [0.4, 0.5) is 24.5 Å². The van der Waals surface area contributed by atoms with Crippen LogP contribution in [-0.4, -0.2) is 25.0 Å². The summed E-state index contributed by atoms with van der Waals surface area (Å²) in [7, 11) is 0. The number of nitrogens with zero attached hydrogens (tertiary/aromatic N) is 1. The van der Waals surface area contributed by atoms with Crippen molar-refractivity contribution < 1.29 is 18.0 Å². The van der Waals surface area contributed by atoms with Crippen LogP contribution >= 0.6 is 0 Å². The van der Waals surface area contributed by atoms with Crippen molar-refractivity contribution in [3.8, 4) is 0 Å². The minimum absolute atomic E-state index is 0.198. The molecule has 0 aromatic heterocycles. The van der Waals surface area contributed by atoms with Gasteiger partial charge in [-0.2, -0.15) is 13.2 Å². The summed E-state index contributed by atoms with van der Waals surface area (Å²) < 4.78 is 39.1. The Bertz CT molecular complexity index is 581. The highest BCUT2D eigenvalue weighted by Crippen LogP contribution is 2.36. The van der Waals surface area contributed by atoms with Crippen LogP contribution in [0.2, 0.25) is 0 Å². The van der Waals surface area contributed by atoms with E-state index in [1.165, 1.54) is 6.07 Å². The van der Waals surface area contributed by atoms with Crippen LogP contribution in [0.15, 0.2) is 18.2 Å². The van der Waals surface area contributed by atoms with E-state index in [1.807, 2.05) is 4.90 Å². The van der Waals surface area contributed by atoms with Gasteiger partial charge in [0.15, 0.2) is 0 Å². The summed E-state index contributed by atoms with van der Waals surface area (Å²) in [6, 6.07) is 3.14. The van der Waals surface area contributed by atoms with Crippen LogP contribution in [0.1, 0.15) is 38.7 Å². The Kier molecular flexibility index (Phi) is 5.74. The van der Waals surface area contributed by atoms with Gasteiger partial charge in [0, 0.05) is 19.1 Å². The number of carbonyl (C=O) groups excluding carboxylic acids is 1. The minimum atomic E-state index is -4.45. The number of hydrogen-bond donors (Lipinski definition) is 2. The summed E-state index contributed by atoms with van der Waals surface area (Å²) in [6.45, 7) is 4.91. The number of benzene rings is 1. The van der Waals surface area contributed by atoms with Crippen LogP contribution < -0.4 is 16.0 Å². The van der Waals surface area contributed by atoms with Gasteiger partial charge in [0.2, 0.25) is 5.91 Å². The maximum absolute atomic E-state index is 13.0. The first-order valence-electron chi connectivity index (χ1n) is 8.23. The van der Waals surface area contributed by atoms with E-state index in [4.69, 9.17) is 5.73 Å². The molecule has 1 heterocycles. The highest BCUT2D eigenvalue weighted by atomic mass is 19.4. The van der Waals surface area contributed by atoms with Crippen molar-refractivity contribution in [2.75, 3.05) is 23.3 Å². The van der Waals surface area contributed by atoms with E-state index in [1.54, 1.807) is 13.8 Å². The summed E-state index contributed by atoms with van der Waals surface area (Å²) in [5.41, 5.74) is 5.78. The quantitative estimate of drug-likeness (QED) is 0.878. The molecule has 1 aromatic rings. The lowest BCUT2D eigenvalue weighted by atomic mass is 10.0. The molecule has 0 bridgehead atoms. The lowest BCUT2D eigenvalue weighted by Gasteiger charge is -2.31. The van der Waals surface area contributed by atoms with Gasteiger partial charge in [0.1, 0.15) is 0 Å². The molecule has 1 aliphatic rings. The van der Waals surface area contributed by atoms with Crippen molar-refractivity contribution in [1.82, 2.24) is 0 Å². The fourth-order valence-corrected chi connectivity index (χ4v) is 2.71. The molecule has 0 radical (unpaired) electrons. The first kappa shape index (κ1) is 18.6. The van der Waals surface area contributed by atoms with E-state index < -0.39 is 17.7 Å². The smallest absolute Gasteiger partial charge is 0.370 e. The molecule has 0 aliphatic carbocycles. The van der Waals surface area contributed by atoms with E-state index in [9.17, 15) is 18.0 Å². The van der Waals surface area contributed by atoms with Crippen molar-refractivity contribution in [2.45, 2.75) is 45.3 Å². The van der Waals surface area contributed by atoms with E-state index in [0.717, 1.165) is 44.5 Å². The zero-order chi connectivity index (χ0) is 17.9.